The predicted molar refractivity (Wildman–Crippen MR) is 143 cm³/mol. The lowest BCUT2D eigenvalue weighted by Gasteiger charge is -2.04. The first-order valence-corrected chi connectivity index (χ1v) is 12.4. The average Bonchev–Trinajstić information content (AvgIpc) is 3.39. The van der Waals surface area contributed by atoms with Gasteiger partial charge in [-0.05, 0) is 35.1 Å². The molecule has 0 saturated carbocycles. The zero-order valence-electron chi connectivity index (χ0n) is 19.4. The molecule has 2 heteroatoms. The Balaban J connectivity index is 1.05. The Bertz CT molecular complexity index is 1210. The Hall–Kier alpha value is -3.78. The normalized spacial score (nSPS) is 12.7. The van der Waals surface area contributed by atoms with Crippen LogP contribution in [0.2, 0.25) is 0 Å². The van der Waals surface area contributed by atoms with Crippen LogP contribution in [0, 0.1) is 0 Å². The number of hydrogen-bond donors (Lipinski definition) is 0. The van der Waals surface area contributed by atoms with Crippen molar-refractivity contribution in [3.63, 3.8) is 0 Å². The van der Waals surface area contributed by atoms with E-state index in [0.29, 0.717) is 0 Å². The third-order valence-corrected chi connectivity index (χ3v) is 6.92. The topological polar surface area (TPSA) is 24.7 Å². The lowest BCUT2D eigenvalue weighted by atomic mass is 10.1. The summed E-state index contributed by atoms with van der Waals surface area (Å²) in [5.41, 5.74) is 12.7. The van der Waals surface area contributed by atoms with Gasteiger partial charge in [0.15, 0.2) is 0 Å². The monoisotopic (exact) mass is 440 g/mol. The highest BCUT2D eigenvalue weighted by molar-refractivity contribution is 6.25. The number of nitrogens with zero attached hydrogens (tertiary/aromatic N) is 2. The number of hydrogen-bond acceptors (Lipinski definition) is 2. The molecule has 0 amide bonds. The molecule has 2 aliphatic carbocycles. The van der Waals surface area contributed by atoms with E-state index >= 15 is 0 Å². The predicted octanol–water partition coefficient (Wildman–Crippen LogP) is 7.58. The number of fused-ring (bicyclic) bond motifs is 6. The van der Waals surface area contributed by atoms with Gasteiger partial charge in [0, 0.05) is 35.3 Å². The average molecular weight is 441 g/mol. The van der Waals surface area contributed by atoms with Crippen molar-refractivity contribution in [1.29, 1.82) is 0 Å². The van der Waals surface area contributed by atoms with E-state index in [1.807, 2.05) is 0 Å². The summed E-state index contributed by atoms with van der Waals surface area (Å²) in [6.07, 6.45) is 4.63. The summed E-state index contributed by atoms with van der Waals surface area (Å²) in [6.45, 7) is 1.76. The molecule has 0 N–H and O–H groups in total. The molecule has 0 aliphatic heterocycles. The van der Waals surface area contributed by atoms with Crippen LogP contribution in [0.4, 0.5) is 0 Å². The van der Waals surface area contributed by atoms with Crippen molar-refractivity contribution in [2.75, 3.05) is 13.1 Å². The van der Waals surface area contributed by atoms with E-state index < -0.39 is 0 Å². The largest absolute Gasteiger partial charge is 0.284 e. The van der Waals surface area contributed by atoms with E-state index in [2.05, 4.69) is 97.1 Å². The van der Waals surface area contributed by atoms with Crippen LogP contribution in [0.1, 0.15) is 47.9 Å². The molecule has 0 saturated heterocycles. The molecule has 0 heterocycles. The molecule has 0 aromatic heterocycles. The molecule has 34 heavy (non-hydrogen) atoms. The van der Waals surface area contributed by atoms with E-state index in [4.69, 9.17) is 9.98 Å². The molecule has 2 nitrogen and oxygen atoms in total. The molecule has 0 spiro atoms. The van der Waals surface area contributed by atoms with Crippen molar-refractivity contribution in [3.05, 3.63) is 119 Å². The molecule has 4 aromatic carbocycles. The van der Waals surface area contributed by atoms with Gasteiger partial charge in [-0.3, -0.25) is 9.98 Å². The van der Waals surface area contributed by atoms with E-state index in [1.165, 1.54) is 57.3 Å². The van der Waals surface area contributed by atoms with Crippen LogP contribution >= 0.6 is 0 Å². The van der Waals surface area contributed by atoms with E-state index in [1.54, 1.807) is 0 Å². The number of rotatable bonds is 7. The van der Waals surface area contributed by atoms with E-state index in [9.17, 15) is 0 Å². The van der Waals surface area contributed by atoms with Crippen molar-refractivity contribution in [2.24, 2.45) is 9.98 Å². The van der Waals surface area contributed by atoms with Gasteiger partial charge in [-0.25, -0.2) is 0 Å². The standard InChI is InChI=1S/C32H28N2/c1(11-21-33-31-27-17-7-3-13-23(27)24-14-4-8-18-28(24)31)2-12-22-34-32-29-19-9-5-15-25(29)26-16-6-10-20-30(26)32/h3-10,13-20H,1-2,11-12,21-22H2. The Morgan fingerprint density at radius 1 is 0.324 bits per heavy atom. The maximum Gasteiger partial charge on any atom is 0.0731 e. The van der Waals surface area contributed by atoms with Gasteiger partial charge in [0.25, 0.3) is 0 Å². The lowest BCUT2D eigenvalue weighted by Crippen LogP contribution is -2.00. The molecule has 0 fully saturated rings. The summed E-state index contributed by atoms with van der Waals surface area (Å²) in [6, 6.07) is 34.6. The molecule has 0 unspecified atom stereocenters. The Kier molecular flexibility index (Phi) is 5.64. The highest BCUT2D eigenvalue weighted by Gasteiger charge is 2.24. The van der Waals surface area contributed by atoms with Crippen molar-refractivity contribution in [1.82, 2.24) is 0 Å². The van der Waals surface area contributed by atoms with E-state index in [0.717, 1.165) is 37.4 Å². The number of aliphatic imine (C=N–C) groups is 2. The molecule has 2 aliphatic rings. The van der Waals surface area contributed by atoms with Gasteiger partial charge in [0.05, 0.1) is 11.4 Å². The summed E-state index contributed by atoms with van der Waals surface area (Å²) >= 11 is 0. The fraction of sp³-hybridized carbons (Fsp3) is 0.188. The first-order valence-electron chi connectivity index (χ1n) is 12.4. The Morgan fingerprint density at radius 3 is 0.882 bits per heavy atom. The minimum atomic E-state index is 0.882. The first kappa shape index (κ1) is 20.8. The van der Waals surface area contributed by atoms with Gasteiger partial charge in [0.2, 0.25) is 0 Å². The van der Waals surface area contributed by atoms with Crippen molar-refractivity contribution < 1.29 is 0 Å². The van der Waals surface area contributed by atoms with Crippen molar-refractivity contribution >= 4 is 11.4 Å². The maximum absolute atomic E-state index is 5.03. The van der Waals surface area contributed by atoms with Gasteiger partial charge >= 0.3 is 0 Å². The van der Waals surface area contributed by atoms with Gasteiger partial charge in [-0.15, -0.1) is 0 Å². The molecular formula is C32H28N2. The van der Waals surface area contributed by atoms with Gasteiger partial charge in [0.1, 0.15) is 0 Å². The molecule has 4 aromatic rings. The molecule has 0 atom stereocenters. The minimum absolute atomic E-state index is 0.882. The molecule has 166 valence electrons. The summed E-state index contributed by atoms with van der Waals surface area (Å²) in [5.74, 6) is 0. The van der Waals surface area contributed by atoms with Crippen LogP contribution in [0.5, 0.6) is 0 Å². The maximum atomic E-state index is 5.03. The van der Waals surface area contributed by atoms with Crippen molar-refractivity contribution in [2.45, 2.75) is 25.7 Å². The molecule has 0 bridgehead atoms. The highest BCUT2D eigenvalue weighted by atomic mass is 14.7. The Morgan fingerprint density at radius 2 is 0.588 bits per heavy atom. The first-order chi connectivity index (χ1) is 16.9. The minimum Gasteiger partial charge on any atom is -0.284 e. The third-order valence-electron chi connectivity index (χ3n) is 6.92. The second-order valence-corrected chi connectivity index (χ2v) is 9.06. The highest BCUT2D eigenvalue weighted by Crippen LogP contribution is 2.37. The Labute approximate surface area is 201 Å². The molecule has 6 rings (SSSR count). The smallest absolute Gasteiger partial charge is 0.0731 e. The summed E-state index contributed by atoms with van der Waals surface area (Å²) < 4.78 is 0. The van der Waals surface area contributed by atoms with Crippen LogP contribution in [-0.4, -0.2) is 24.5 Å². The second-order valence-electron chi connectivity index (χ2n) is 9.06. The number of unbranched alkanes of at least 4 members (excludes halogenated alkanes) is 3. The van der Waals surface area contributed by atoms with Gasteiger partial charge in [-0.1, -0.05) is 110 Å². The van der Waals surface area contributed by atoms with Crippen LogP contribution in [0.25, 0.3) is 22.3 Å². The summed E-state index contributed by atoms with van der Waals surface area (Å²) in [5, 5.41) is 0. The van der Waals surface area contributed by atoms with Crippen LogP contribution in [0.3, 0.4) is 0 Å². The fourth-order valence-electron chi connectivity index (χ4n) is 5.29. The van der Waals surface area contributed by atoms with Crippen LogP contribution < -0.4 is 0 Å². The van der Waals surface area contributed by atoms with Crippen LogP contribution in [-0.2, 0) is 0 Å². The van der Waals surface area contributed by atoms with Crippen LogP contribution in [0.15, 0.2) is 107 Å². The SMILES string of the molecule is c1ccc2c(c1)C(=NCCCCCCN=C1c3ccccc3-c3ccccc31)c1ccccc1-2. The van der Waals surface area contributed by atoms with Gasteiger partial charge < -0.3 is 0 Å². The molecule has 0 radical (unpaired) electrons. The van der Waals surface area contributed by atoms with Crippen molar-refractivity contribution in [3.8, 4) is 22.3 Å². The summed E-state index contributed by atoms with van der Waals surface area (Å²) in [4.78, 5) is 10.1. The quantitative estimate of drug-likeness (QED) is 0.229. The van der Waals surface area contributed by atoms with E-state index in [-0.39, 0.29) is 0 Å². The fourth-order valence-corrected chi connectivity index (χ4v) is 5.29. The number of benzene rings is 4. The zero-order chi connectivity index (χ0) is 22.7. The van der Waals surface area contributed by atoms with Gasteiger partial charge in [-0.2, -0.15) is 0 Å². The summed E-state index contributed by atoms with van der Waals surface area (Å²) in [7, 11) is 0. The third kappa shape index (κ3) is 3.70. The lowest BCUT2D eigenvalue weighted by molar-refractivity contribution is 0.654. The zero-order valence-corrected chi connectivity index (χ0v) is 19.4. The molecular weight excluding hydrogens is 412 g/mol. The second kappa shape index (κ2) is 9.23.